The molecule has 3 aromatic rings. The number of amidine groups is 1. The molecule has 2 heterocycles. The number of anilines is 2. The maximum atomic E-state index is 13.3. The Morgan fingerprint density at radius 1 is 1.15 bits per heavy atom. The van der Waals surface area contributed by atoms with E-state index in [0.29, 0.717) is 17.2 Å². The molecule has 0 spiro atoms. The quantitative estimate of drug-likeness (QED) is 0.584. The molecular formula is C19H18FN5O. The predicted molar refractivity (Wildman–Crippen MR) is 98.7 cm³/mol. The first-order valence-electron chi connectivity index (χ1n) is 8.23. The largest absolute Gasteiger partial charge is 0.391 e. The van der Waals surface area contributed by atoms with Gasteiger partial charge in [0, 0.05) is 28.6 Å². The molecule has 1 aromatic heterocycles. The van der Waals surface area contributed by atoms with Crippen molar-refractivity contribution in [3.8, 4) is 0 Å². The van der Waals surface area contributed by atoms with Crippen molar-refractivity contribution in [2.45, 2.75) is 12.6 Å². The highest BCUT2D eigenvalue weighted by molar-refractivity contribution is 6.12. The lowest BCUT2D eigenvalue weighted by atomic mass is 9.96. The maximum absolute atomic E-state index is 13.3. The normalized spacial score (nSPS) is 18.7. The highest BCUT2D eigenvalue weighted by Crippen LogP contribution is 2.35. The van der Waals surface area contributed by atoms with Gasteiger partial charge in [-0.05, 0) is 31.2 Å². The zero-order valence-corrected chi connectivity index (χ0v) is 14.1. The highest BCUT2D eigenvalue weighted by Gasteiger charge is 2.36. The average molecular weight is 351 g/mol. The second kappa shape index (κ2) is 6.27. The zero-order chi connectivity index (χ0) is 18.1. The zero-order valence-electron chi connectivity index (χ0n) is 14.1. The first-order valence-corrected chi connectivity index (χ1v) is 8.23. The molecule has 1 aliphatic heterocycles. The third-order valence-corrected chi connectivity index (χ3v) is 4.33. The van der Waals surface area contributed by atoms with E-state index in [1.807, 2.05) is 37.3 Å². The minimum atomic E-state index is -1.12. The van der Waals surface area contributed by atoms with Crippen molar-refractivity contribution in [3.63, 3.8) is 0 Å². The minimum absolute atomic E-state index is 0.294. The van der Waals surface area contributed by atoms with Crippen molar-refractivity contribution >= 4 is 17.3 Å². The molecule has 0 saturated heterocycles. The van der Waals surface area contributed by atoms with Gasteiger partial charge < -0.3 is 15.7 Å². The summed E-state index contributed by atoms with van der Waals surface area (Å²) in [5.74, 6) is 0.862. The van der Waals surface area contributed by atoms with Crippen LogP contribution in [0.25, 0.3) is 0 Å². The Balaban J connectivity index is 1.83. The molecular weight excluding hydrogens is 333 g/mol. The fourth-order valence-corrected chi connectivity index (χ4v) is 3.03. The number of H-pyrrole nitrogens is 1. The van der Waals surface area contributed by atoms with Gasteiger partial charge in [0.05, 0.1) is 6.61 Å². The van der Waals surface area contributed by atoms with Crippen LogP contribution in [-0.2, 0) is 5.66 Å². The summed E-state index contributed by atoms with van der Waals surface area (Å²) < 4.78 is 13.3. The van der Waals surface area contributed by atoms with Crippen LogP contribution < -0.4 is 10.6 Å². The Morgan fingerprint density at radius 2 is 1.92 bits per heavy atom. The van der Waals surface area contributed by atoms with Crippen LogP contribution in [0.4, 0.5) is 15.9 Å². The van der Waals surface area contributed by atoms with Crippen molar-refractivity contribution < 1.29 is 9.50 Å². The van der Waals surface area contributed by atoms with Gasteiger partial charge in [-0.1, -0.05) is 24.3 Å². The number of benzene rings is 2. The van der Waals surface area contributed by atoms with E-state index < -0.39 is 5.66 Å². The second-order valence-corrected chi connectivity index (χ2v) is 6.22. The molecule has 7 heteroatoms. The summed E-state index contributed by atoms with van der Waals surface area (Å²) in [6.45, 7) is 1.62. The number of nitrogens with one attached hydrogen (secondary N) is 3. The number of hydrogen-bond donors (Lipinski definition) is 4. The van der Waals surface area contributed by atoms with E-state index in [-0.39, 0.29) is 12.4 Å². The molecule has 4 N–H and O–H groups in total. The molecule has 1 aliphatic rings. The number of aliphatic imine (C=N–C) groups is 1. The van der Waals surface area contributed by atoms with E-state index in [9.17, 15) is 9.50 Å². The van der Waals surface area contributed by atoms with Crippen molar-refractivity contribution in [1.82, 2.24) is 10.2 Å². The monoisotopic (exact) mass is 351 g/mol. The van der Waals surface area contributed by atoms with E-state index in [2.05, 4.69) is 20.8 Å². The summed E-state index contributed by atoms with van der Waals surface area (Å²) in [7, 11) is 0. The Bertz CT molecular complexity index is 966. The van der Waals surface area contributed by atoms with Crippen LogP contribution in [0.2, 0.25) is 0 Å². The molecule has 2 aromatic carbocycles. The summed E-state index contributed by atoms with van der Waals surface area (Å²) in [4.78, 5) is 4.75. The number of para-hydroxylation sites is 1. The van der Waals surface area contributed by atoms with Gasteiger partial charge in [0.15, 0.2) is 11.5 Å². The summed E-state index contributed by atoms with van der Waals surface area (Å²) in [5.41, 5.74) is 2.14. The molecule has 6 nitrogen and oxygen atoms in total. The molecule has 0 fully saturated rings. The average Bonchev–Trinajstić information content (AvgIpc) is 3.07. The maximum Gasteiger partial charge on any atom is 0.181 e. The standard InChI is InChI=1S/C19H18FN5O/c1-12-10-17(25-24-12)21-18-15-4-2-3-5-16(15)22-19(11-26,23-18)13-6-8-14(20)9-7-13/h2-10,22,26H,11H2,1H3,(H2,21,23,24,25)/t19-/m1/s1. The molecule has 4 rings (SSSR count). The van der Waals surface area contributed by atoms with Crippen LogP contribution >= 0.6 is 0 Å². The van der Waals surface area contributed by atoms with E-state index in [0.717, 1.165) is 16.9 Å². The number of fused-ring (bicyclic) bond motifs is 1. The number of aromatic amines is 1. The number of aryl methyl sites for hydroxylation is 1. The third kappa shape index (κ3) is 2.82. The van der Waals surface area contributed by atoms with Gasteiger partial charge in [0.25, 0.3) is 0 Å². The SMILES string of the molecule is Cc1cc(NC2=N[C@](CO)(c3ccc(F)cc3)Nc3ccccc32)n[nH]1. The molecule has 0 aliphatic carbocycles. The molecule has 0 bridgehead atoms. The van der Waals surface area contributed by atoms with Crippen LogP contribution in [0, 0.1) is 12.7 Å². The van der Waals surface area contributed by atoms with E-state index in [4.69, 9.17) is 4.99 Å². The van der Waals surface area contributed by atoms with Crippen LogP contribution in [-0.4, -0.2) is 27.7 Å². The molecule has 132 valence electrons. The minimum Gasteiger partial charge on any atom is -0.391 e. The van der Waals surface area contributed by atoms with Gasteiger partial charge in [0.2, 0.25) is 0 Å². The number of aromatic nitrogens is 2. The van der Waals surface area contributed by atoms with Crippen molar-refractivity contribution in [2.75, 3.05) is 17.2 Å². The lowest BCUT2D eigenvalue weighted by Gasteiger charge is -2.36. The highest BCUT2D eigenvalue weighted by atomic mass is 19.1. The summed E-state index contributed by atoms with van der Waals surface area (Å²) in [6.07, 6.45) is 0. The van der Waals surface area contributed by atoms with Crippen molar-refractivity contribution in [3.05, 3.63) is 77.2 Å². The Hall–Kier alpha value is -3.19. The lowest BCUT2D eigenvalue weighted by molar-refractivity contribution is 0.216. The van der Waals surface area contributed by atoms with Gasteiger partial charge in [0.1, 0.15) is 11.7 Å². The number of hydrogen-bond acceptors (Lipinski definition) is 5. The van der Waals surface area contributed by atoms with Gasteiger partial charge in [-0.2, -0.15) is 5.10 Å². The molecule has 26 heavy (non-hydrogen) atoms. The topological polar surface area (TPSA) is 85.3 Å². The number of nitrogens with zero attached hydrogens (tertiary/aromatic N) is 2. The summed E-state index contributed by atoms with van der Waals surface area (Å²) in [5, 5.41) is 23.7. The molecule has 0 radical (unpaired) electrons. The van der Waals surface area contributed by atoms with Crippen molar-refractivity contribution in [1.29, 1.82) is 0 Å². The number of aliphatic hydroxyl groups is 1. The van der Waals surface area contributed by atoms with Crippen LogP contribution in [0.15, 0.2) is 59.6 Å². The lowest BCUT2D eigenvalue weighted by Crippen LogP contribution is -2.42. The smallest absolute Gasteiger partial charge is 0.181 e. The first-order chi connectivity index (χ1) is 12.6. The third-order valence-electron chi connectivity index (χ3n) is 4.33. The molecule has 0 amide bonds. The fraction of sp³-hybridized carbons (Fsp3) is 0.158. The van der Waals surface area contributed by atoms with Gasteiger partial charge in [-0.3, -0.25) is 5.10 Å². The van der Waals surface area contributed by atoms with E-state index >= 15 is 0 Å². The van der Waals surface area contributed by atoms with Crippen molar-refractivity contribution in [2.24, 2.45) is 4.99 Å². The number of rotatable bonds is 3. The fourth-order valence-electron chi connectivity index (χ4n) is 3.03. The van der Waals surface area contributed by atoms with E-state index in [1.54, 1.807) is 12.1 Å². The molecule has 0 unspecified atom stereocenters. The van der Waals surface area contributed by atoms with Crippen LogP contribution in [0.5, 0.6) is 0 Å². The number of aliphatic hydroxyl groups excluding tert-OH is 1. The van der Waals surface area contributed by atoms with Crippen LogP contribution in [0.3, 0.4) is 0 Å². The second-order valence-electron chi connectivity index (χ2n) is 6.22. The van der Waals surface area contributed by atoms with Gasteiger partial charge in [-0.15, -0.1) is 0 Å². The summed E-state index contributed by atoms with van der Waals surface area (Å²) >= 11 is 0. The summed E-state index contributed by atoms with van der Waals surface area (Å²) in [6, 6.07) is 15.5. The first kappa shape index (κ1) is 16.3. The Kier molecular flexibility index (Phi) is 3.93. The number of halogens is 1. The Labute approximate surface area is 149 Å². The Morgan fingerprint density at radius 3 is 2.62 bits per heavy atom. The van der Waals surface area contributed by atoms with E-state index in [1.165, 1.54) is 12.1 Å². The molecule has 1 atom stereocenters. The van der Waals surface area contributed by atoms with Crippen LogP contribution in [0.1, 0.15) is 16.8 Å². The van der Waals surface area contributed by atoms with Gasteiger partial charge in [-0.25, -0.2) is 9.38 Å². The van der Waals surface area contributed by atoms with Gasteiger partial charge >= 0.3 is 0 Å². The predicted octanol–water partition coefficient (Wildman–Crippen LogP) is 2.99. The molecule has 0 saturated carbocycles.